The molecule has 2 aliphatic rings. The van der Waals surface area contributed by atoms with E-state index in [9.17, 15) is 29.3 Å². The van der Waals surface area contributed by atoms with Crippen molar-refractivity contribution >= 4 is 29.3 Å². The summed E-state index contributed by atoms with van der Waals surface area (Å²) in [6, 6.07) is 6.17. The monoisotopic (exact) mass is 431 g/mol. The number of nitrogens with one attached hydrogen (secondary N) is 1. The van der Waals surface area contributed by atoms with Gasteiger partial charge in [0.25, 0.3) is 5.69 Å². The lowest BCUT2D eigenvalue weighted by Crippen LogP contribution is -2.51. The fraction of sp³-hybridized carbons (Fsp3) is 0.545. The van der Waals surface area contributed by atoms with Gasteiger partial charge in [-0.25, -0.2) is 0 Å². The van der Waals surface area contributed by atoms with Crippen molar-refractivity contribution in [2.24, 2.45) is 16.7 Å². The highest BCUT2D eigenvalue weighted by atomic mass is 16.6. The number of amides is 4. The van der Waals surface area contributed by atoms with Crippen LogP contribution in [0.3, 0.4) is 0 Å². The summed E-state index contributed by atoms with van der Waals surface area (Å²) in [4.78, 5) is 57.7. The van der Waals surface area contributed by atoms with Gasteiger partial charge in [-0.05, 0) is 10.8 Å². The molecule has 4 amide bonds. The number of hydrogen-bond acceptors (Lipinski definition) is 6. The third-order valence-corrected chi connectivity index (χ3v) is 5.79. The smallest absolute Gasteiger partial charge is 0.274 e. The van der Waals surface area contributed by atoms with Crippen molar-refractivity contribution < 1.29 is 24.1 Å². The molecular weight excluding hydrogens is 402 g/mol. The number of piperidine rings is 2. The van der Waals surface area contributed by atoms with Crippen molar-refractivity contribution in [2.45, 2.75) is 60.4 Å². The summed E-state index contributed by atoms with van der Waals surface area (Å²) >= 11 is 0. The molecule has 9 nitrogen and oxygen atoms in total. The summed E-state index contributed by atoms with van der Waals surface area (Å²) in [7, 11) is 0. The van der Waals surface area contributed by atoms with Crippen LogP contribution in [0.2, 0.25) is 0 Å². The number of para-hydroxylation sites is 1. The number of likely N-dealkylation sites (tertiary alicyclic amines) is 1. The van der Waals surface area contributed by atoms with Crippen LogP contribution in [0, 0.1) is 26.9 Å². The van der Waals surface area contributed by atoms with Gasteiger partial charge in [-0.15, -0.1) is 0 Å². The lowest BCUT2D eigenvalue weighted by molar-refractivity contribution is -0.385. The molecule has 2 fully saturated rings. The Labute approximate surface area is 181 Å². The van der Waals surface area contributed by atoms with Gasteiger partial charge in [0.15, 0.2) is 0 Å². The van der Waals surface area contributed by atoms with E-state index in [4.69, 9.17) is 0 Å². The van der Waals surface area contributed by atoms with E-state index in [0.717, 1.165) is 4.90 Å². The van der Waals surface area contributed by atoms with Crippen molar-refractivity contribution in [2.75, 3.05) is 0 Å². The summed E-state index contributed by atoms with van der Waals surface area (Å²) in [6.07, 6.45) is 1.18. The maximum Gasteiger partial charge on any atom is 0.274 e. The Morgan fingerprint density at radius 3 is 2.10 bits per heavy atom. The van der Waals surface area contributed by atoms with Crippen LogP contribution in [0.5, 0.6) is 0 Å². The molecule has 1 aromatic rings. The van der Waals surface area contributed by atoms with Crippen LogP contribution in [0.15, 0.2) is 24.3 Å². The molecule has 0 radical (unpaired) electrons. The van der Waals surface area contributed by atoms with E-state index in [-0.39, 0.29) is 59.0 Å². The first-order valence-electron chi connectivity index (χ1n) is 10.1. The Balaban J connectivity index is 0.000000285. The number of hydrogen-bond donors (Lipinski definition) is 1. The SMILES string of the molecule is CC1(C)CC(=O)NC(=O)C1.CC1C(=O)N(Cc2ccccc2[N+](=O)[O-])C(=O)CC1(C)C. The molecule has 2 saturated heterocycles. The van der Waals surface area contributed by atoms with Crippen molar-refractivity contribution in [3.05, 3.63) is 39.9 Å². The molecule has 9 heteroatoms. The number of imide groups is 2. The maximum absolute atomic E-state index is 12.4. The molecule has 168 valence electrons. The maximum atomic E-state index is 12.4. The molecule has 0 aliphatic carbocycles. The van der Waals surface area contributed by atoms with Crippen LogP contribution in [0.25, 0.3) is 0 Å². The first kappa shape index (κ1) is 24.2. The highest BCUT2D eigenvalue weighted by molar-refractivity contribution is 5.99. The van der Waals surface area contributed by atoms with Gasteiger partial charge in [0, 0.05) is 36.8 Å². The van der Waals surface area contributed by atoms with Gasteiger partial charge in [-0.3, -0.25) is 39.5 Å². The highest BCUT2D eigenvalue weighted by Crippen LogP contribution is 2.37. The average Bonchev–Trinajstić information content (AvgIpc) is 2.62. The Morgan fingerprint density at radius 2 is 1.58 bits per heavy atom. The second kappa shape index (κ2) is 8.95. The lowest BCUT2D eigenvalue weighted by Gasteiger charge is -2.39. The van der Waals surface area contributed by atoms with Crippen LogP contribution >= 0.6 is 0 Å². The normalized spacial score (nSPS) is 22.4. The number of rotatable bonds is 3. The molecular formula is C22H29N3O6. The summed E-state index contributed by atoms with van der Waals surface area (Å²) in [5, 5.41) is 13.3. The second-order valence-corrected chi connectivity index (χ2v) is 9.58. The van der Waals surface area contributed by atoms with Crippen LogP contribution in [-0.2, 0) is 25.7 Å². The molecule has 31 heavy (non-hydrogen) atoms. The number of carbonyl (C=O) groups is 4. The molecule has 0 bridgehead atoms. The van der Waals surface area contributed by atoms with Crippen LogP contribution in [0.4, 0.5) is 5.69 Å². The zero-order chi connectivity index (χ0) is 23.6. The highest BCUT2D eigenvalue weighted by Gasteiger charge is 2.44. The Morgan fingerprint density at radius 1 is 1.03 bits per heavy atom. The Kier molecular flexibility index (Phi) is 6.98. The first-order chi connectivity index (χ1) is 14.2. The van der Waals surface area contributed by atoms with Crippen molar-refractivity contribution in [3.63, 3.8) is 0 Å². The second-order valence-electron chi connectivity index (χ2n) is 9.58. The van der Waals surface area contributed by atoms with Gasteiger partial charge in [0.05, 0.1) is 11.5 Å². The third-order valence-electron chi connectivity index (χ3n) is 5.79. The zero-order valence-corrected chi connectivity index (χ0v) is 18.6. The molecule has 1 aromatic carbocycles. The van der Waals surface area contributed by atoms with E-state index >= 15 is 0 Å². The fourth-order valence-corrected chi connectivity index (χ4v) is 3.66. The lowest BCUT2D eigenvalue weighted by atomic mass is 9.73. The number of carbonyl (C=O) groups excluding carboxylic acids is 4. The van der Waals surface area contributed by atoms with Crippen molar-refractivity contribution in [3.8, 4) is 0 Å². The predicted octanol–water partition coefficient (Wildman–Crippen LogP) is 2.97. The van der Waals surface area contributed by atoms with Crippen LogP contribution < -0.4 is 5.32 Å². The quantitative estimate of drug-likeness (QED) is 0.445. The summed E-state index contributed by atoms with van der Waals surface area (Å²) in [6.45, 7) is 9.36. The number of nitro groups is 1. The Hall–Kier alpha value is -3.10. The third kappa shape index (κ3) is 5.96. The van der Waals surface area contributed by atoms with E-state index in [1.54, 1.807) is 25.1 Å². The minimum Gasteiger partial charge on any atom is -0.296 e. The van der Waals surface area contributed by atoms with Gasteiger partial charge in [0.1, 0.15) is 0 Å². The summed E-state index contributed by atoms with van der Waals surface area (Å²) < 4.78 is 0. The van der Waals surface area contributed by atoms with Crippen LogP contribution in [-0.4, -0.2) is 33.5 Å². The molecule has 2 heterocycles. The molecule has 0 aromatic heterocycles. The van der Waals surface area contributed by atoms with Gasteiger partial charge in [0.2, 0.25) is 23.6 Å². The predicted molar refractivity (Wildman–Crippen MR) is 112 cm³/mol. The molecule has 0 saturated carbocycles. The number of nitro benzene ring substituents is 1. The minimum atomic E-state index is -0.498. The van der Waals surface area contributed by atoms with Gasteiger partial charge < -0.3 is 0 Å². The number of benzene rings is 1. The van der Waals surface area contributed by atoms with E-state index in [0.29, 0.717) is 18.4 Å². The van der Waals surface area contributed by atoms with E-state index in [2.05, 4.69) is 5.32 Å². The summed E-state index contributed by atoms with van der Waals surface area (Å²) in [5.41, 5.74) is -0.223. The fourth-order valence-electron chi connectivity index (χ4n) is 3.66. The molecule has 1 N–H and O–H groups in total. The number of nitrogens with zero attached hydrogens (tertiary/aromatic N) is 2. The Bertz CT molecular complexity index is 904. The minimum absolute atomic E-state index is 0.0464. The first-order valence-corrected chi connectivity index (χ1v) is 10.1. The van der Waals surface area contributed by atoms with Gasteiger partial charge in [-0.1, -0.05) is 52.8 Å². The molecule has 3 rings (SSSR count). The van der Waals surface area contributed by atoms with Gasteiger partial charge in [-0.2, -0.15) is 0 Å². The molecule has 1 atom stereocenters. The zero-order valence-electron chi connectivity index (χ0n) is 18.6. The molecule has 1 unspecified atom stereocenters. The topological polar surface area (TPSA) is 127 Å². The van der Waals surface area contributed by atoms with Gasteiger partial charge >= 0.3 is 0 Å². The average molecular weight is 431 g/mol. The van der Waals surface area contributed by atoms with Crippen molar-refractivity contribution in [1.82, 2.24) is 10.2 Å². The summed E-state index contributed by atoms with van der Waals surface area (Å²) in [5.74, 6) is -1.14. The van der Waals surface area contributed by atoms with Crippen molar-refractivity contribution in [1.29, 1.82) is 0 Å². The van der Waals surface area contributed by atoms with E-state index in [1.165, 1.54) is 6.07 Å². The van der Waals surface area contributed by atoms with E-state index in [1.807, 2.05) is 27.7 Å². The van der Waals surface area contributed by atoms with E-state index < -0.39 is 4.92 Å². The van der Waals surface area contributed by atoms with Crippen LogP contribution in [0.1, 0.15) is 59.4 Å². The largest absolute Gasteiger partial charge is 0.296 e. The standard InChI is InChI=1S/C15H18N2O4.C7H11NO2/c1-10-14(19)16(13(18)8-15(10,2)3)9-11-6-4-5-7-12(11)17(20)21;1-7(2)3-5(9)8-6(10)4-7/h4-7,10H,8-9H2,1-3H3;3-4H2,1-2H3,(H,8,9,10). The molecule has 0 spiro atoms. The molecule has 2 aliphatic heterocycles.